The van der Waals surface area contributed by atoms with Gasteiger partial charge in [-0.1, -0.05) is 45.8 Å². The summed E-state index contributed by atoms with van der Waals surface area (Å²) in [5.74, 6) is 7.45. The number of hydrogen-bond acceptors (Lipinski definition) is 0. The van der Waals surface area contributed by atoms with E-state index >= 15 is 0 Å². The van der Waals surface area contributed by atoms with Crippen LogP contribution in [-0.2, 0) is 0 Å². The predicted octanol–water partition coefficient (Wildman–Crippen LogP) is 4.27. The van der Waals surface area contributed by atoms with Gasteiger partial charge in [-0.3, -0.25) is 0 Å². The van der Waals surface area contributed by atoms with Gasteiger partial charge in [0.15, 0.2) is 0 Å². The van der Waals surface area contributed by atoms with E-state index in [1.165, 1.54) is 5.57 Å². The van der Waals surface area contributed by atoms with Crippen molar-refractivity contribution in [2.45, 2.75) is 48.0 Å². The van der Waals surface area contributed by atoms with Crippen molar-refractivity contribution in [3.8, 4) is 11.8 Å². The summed E-state index contributed by atoms with van der Waals surface area (Å²) in [7, 11) is 0. The van der Waals surface area contributed by atoms with Gasteiger partial charge in [0.2, 0.25) is 0 Å². The Hall–Kier alpha value is -0.700. The highest BCUT2D eigenvalue weighted by molar-refractivity contribution is 5.09. The molecular weight excluding hydrogens is 168 g/mol. The van der Waals surface area contributed by atoms with Crippen LogP contribution in [0.3, 0.4) is 0 Å². The minimum Gasteiger partial charge on any atom is -0.106 e. The van der Waals surface area contributed by atoms with Crippen molar-refractivity contribution in [3.05, 3.63) is 12.2 Å². The quantitative estimate of drug-likeness (QED) is 0.461. The maximum absolute atomic E-state index is 4.05. The van der Waals surface area contributed by atoms with Gasteiger partial charge >= 0.3 is 0 Å². The lowest BCUT2D eigenvalue weighted by Crippen LogP contribution is -2.20. The van der Waals surface area contributed by atoms with Crippen LogP contribution in [0.4, 0.5) is 0 Å². The molecule has 0 aliphatic carbocycles. The average Bonchev–Trinajstić information content (AvgIpc) is 2.02. The van der Waals surface area contributed by atoms with Crippen LogP contribution >= 0.6 is 0 Å². The van der Waals surface area contributed by atoms with E-state index in [4.69, 9.17) is 0 Å². The van der Waals surface area contributed by atoms with Crippen LogP contribution in [-0.4, -0.2) is 0 Å². The molecule has 0 aliphatic heterocycles. The Morgan fingerprint density at radius 3 is 2.14 bits per heavy atom. The summed E-state index contributed by atoms with van der Waals surface area (Å²) in [6.07, 6.45) is 1.11. The van der Waals surface area contributed by atoms with Gasteiger partial charge in [0.1, 0.15) is 0 Å². The Kier molecular flexibility index (Phi) is 4.99. The third-order valence-corrected chi connectivity index (χ3v) is 3.02. The first-order valence-electron chi connectivity index (χ1n) is 5.39. The Morgan fingerprint density at radius 2 is 1.86 bits per heavy atom. The fourth-order valence-corrected chi connectivity index (χ4v) is 1.36. The fourth-order valence-electron chi connectivity index (χ4n) is 1.36. The summed E-state index contributed by atoms with van der Waals surface area (Å²) >= 11 is 0. The van der Waals surface area contributed by atoms with Crippen molar-refractivity contribution in [1.29, 1.82) is 0 Å². The number of allylic oxidation sites excluding steroid dienone is 1. The Bertz CT molecular complexity index is 245. The molecular formula is C14H24. The highest BCUT2D eigenvalue weighted by Crippen LogP contribution is 2.34. The fraction of sp³-hybridized carbons (Fsp3) is 0.714. The molecule has 0 N–H and O–H groups in total. The van der Waals surface area contributed by atoms with Crippen LogP contribution in [0, 0.1) is 29.1 Å². The second-order valence-corrected chi connectivity index (χ2v) is 5.11. The zero-order valence-electron chi connectivity index (χ0n) is 10.6. The molecule has 0 aromatic carbocycles. The van der Waals surface area contributed by atoms with E-state index in [-0.39, 0.29) is 5.41 Å². The summed E-state index contributed by atoms with van der Waals surface area (Å²) in [6, 6.07) is 0. The molecule has 0 spiro atoms. The predicted molar refractivity (Wildman–Crippen MR) is 65.0 cm³/mol. The minimum atomic E-state index is 0.207. The molecule has 0 heterocycles. The minimum absolute atomic E-state index is 0.207. The lowest BCUT2D eigenvalue weighted by atomic mass is 9.75. The first kappa shape index (κ1) is 13.3. The van der Waals surface area contributed by atoms with E-state index in [2.05, 4.69) is 53.0 Å². The summed E-state index contributed by atoms with van der Waals surface area (Å²) in [4.78, 5) is 0. The molecule has 0 radical (unpaired) electrons. The van der Waals surface area contributed by atoms with Gasteiger partial charge in [-0.2, -0.15) is 0 Å². The highest BCUT2D eigenvalue weighted by atomic mass is 14.3. The van der Waals surface area contributed by atoms with E-state index in [0.717, 1.165) is 6.42 Å². The van der Waals surface area contributed by atoms with Crippen molar-refractivity contribution in [2.24, 2.45) is 17.3 Å². The van der Waals surface area contributed by atoms with Gasteiger partial charge in [0.05, 0.1) is 0 Å². The SMILES string of the molecule is C=C(C)C(C)(C)CC(C#CC)C(C)C. The molecule has 0 aromatic heterocycles. The van der Waals surface area contributed by atoms with Crippen LogP contribution in [0.15, 0.2) is 12.2 Å². The molecule has 14 heavy (non-hydrogen) atoms. The monoisotopic (exact) mass is 192 g/mol. The molecule has 0 bridgehead atoms. The third kappa shape index (κ3) is 4.01. The van der Waals surface area contributed by atoms with Crippen molar-refractivity contribution in [1.82, 2.24) is 0 Å². The van der Waals surface area contributed by atoms with Crippen LogP contribution in [0.1, 0.15) is 48.0 Å². The lowest BCUT2D eigenvalue weighted by Gasteiger charge is -2.29. The Balaban J connectivity index is 4.57. The van der Waals surface area contributed by atoms with Crippen LogP contribution in [0.5, 0.6) is 0 Å². The average molecular weight is 192 g/mol. The molecule has 1 atom stereocenters. The standard InChI is InChI=1S/C14H24/c1-8-9-13(11(2)3)10-14(6,7)12(4)5/h11,13H,4,10H2,1-3,5-7H3. The van der Waals surface area contributed by atoms with Crippen LogP contribution < -0.4 is 0 Å². The second kappa shape index (κ2) is 5.25. The topological polar surface area (TPSA) is 0 Å². The molecule has 0 aromatic rings. The van der Waals surface area contributed by atoms with E-state index in [1.54, 1.807) is 0 Å². The van der Waals surface area contributed by atoms with Gasteiger partial charge in [0, 0.05) is 5.92 Å². The lowest BCUT2D eigenvalue weighted by molar-refractivity contribution is 0.309. The molecule has 0 amide bonds. The highest BCUT2D eigenvalue weighted by Gasteiger charge is 2.24. The van der Waals surface area contributed by atoms with Gasteiger partial charge in [-0.25, -0.2) is 0 Å². The zero-order chi connectivity index (χ0) is 11.4. The molecule has 0 aliphatic rings. The zero-order valence-corrected chi connectivity index (χ0v) is 10.6. The second-order valence-electron chi connectivity index (χ2n) is 5.11. The summed E-state index contributed by atoms with van der Waals surface area (Å²) in [5.41, 5.74) is 1.46. The largest absolute Gasteiger partial charge is 0.106 e. The van der Waals surface area contributed by atoms with Crippen molar-refractivity contribution >= 4 is 0 Å². The first-order valence-corrected chi connectivity index (χ1v) is 5.39. The molecule has 0 fully saturated rings. The molecule has 0 saturated carbocycles. The van der Waals surface area contributed by atoms with Gasteiger partial charge in [-0.05, 0) is 31.6 Å². The summed E-state index contributed by atoms with van der Waals surface area (Å²) < 4.78 is 0. The van der Waals surface area contributed by atoms with Gasteiger partial charge in [-0.15, -0.1) is 5.92 Å². The van der Waals surface area contributed by atoms with Crippen molar-refractivity contribution in [3.63, 3.8) is 0 Å². The molecule has 1 unspecified atom stereocenters. The third-order valence-electron chi connectivity index (χ3n) is 3.02. The van der Waals surface area contributed by atoms with Gasteiger partial charge in [0.25, 0.3) is 0 Å². The van der Waals surface area contributed by atoms with Crippen LogP contribution in [0.25, 0.3) is 0 Å². The first-order chi connectivity index (χ1) is 6.31. The normalized spacial score (nSPS) is 13.4. The molecule has 0 saturated heterocycles. The molecule has 0 nitrogen and oxygen atoms in total. The molecule has 80 valence electrons. The summed E-state index contributed by atoms with van der Waals surface area (Å²) in [5, 5.41) is 0. The van der Waals surface area contributed by atoms with E-state index in [1.807, 2.05) is 6.92 Å². The van der Waals surface area contributed by atoms with E-state index < -0.39 is 0 Å². The van der Waals surface area contributed by atoms with E-state index in [9.17, 15) is 0 Å². The molecule has 0 heteroatoms. The Morgan fingerprint density at radius 1 is 1.36 bits per heavy atom. The van der Waals surface area contributed by atoms with Crippen molar-refractivity contribution in [2.75, 3.05) is 0 Å². The maximum atomic E-state index is 4.05. The van der Waals surface area contributed by atoms with Gasteiger partial charge < -0.3 is 0 Å². The van der Waals surface area contributed by atoms with Crippen LogP contribution in [0.2, 0.25) is 0 Å². The van der Waals surface area contributed by atoms with Crippen molar-refractivity contribution < 1.29 is 0 Å². The number of rotatable bonds is 4. The van der Waals surface area contributed by atoms with E-state index in [0.29, 0.717) is 11.8 Å². The number of hydrogen-bond donors (Lipinski definition) is 0. The summed E-state index contributed by atoms with van der Waals surface area (Å²) in [6.45, 7) is 17.1. The maximum Gasteiger partial charge on any atom is 0.0233 e. The molecule has 0 rings (SSSR count). The smallest absolute Gasteiger partial charge is 0.0233 e. The Labute approximate surface area is 89.8 Å².